The van der Waals surface area contributed by atoms with Crippen molar-refractivity contribution < 1.29 is 14.1 Å². The molecule has 0 saturated heterocycles. The zero-order valence-electron chi connectivity index (χ0n) is 13.7. The van der Waals surface area contributed by atoms with Gasteiger partial charge in [-0.15, -0.1) is 0 Å². The molecule has 0 aliphatic heterocycles. The van der Waals surface area contributed by atoms with Gasteiger partial charge in [-0.3, -0.25) is 9.59 Å². The number of amides is 1. The number of Topliss-reactive ketones (excluding diaryl/α,β-unsaturated/α-hetero) is 1. The molecule has 0 fully saturated rings. The van der Waals surface area contributed by atoms with E-state index in [1.54, 1.807) is 0 Å². The maximum absolute atomic E-state index is 11.7. The molecule has 128 valence electrons. The summed E-state index contributed by atoms with van der Waals surface area (Å²) < 4.78 is 11.7. The van der Waals surface area contributed by atoms with Gasteiger partial charge in [-0.05, 0) is 42.4 Å². The standard InChI is InChI=1S/C18H22N2O3S/c1-13(21)12-24(23)11-5-10-17(18(19)22)20-16-9-4-7-14-6-2-3-8-15(14)16/h2-4,6-9,17,20H,5,10-12H2,1H3,(H2,19,22)/t17-,24?/m0/s1. The van der Waals surface area contributed by atoms with E-state index in [1.165, 1.54) is 6.92 Å². The molecule has 0 heterocycles. The third-order valence-electron chi connectivity index (χ3n) is 3.69. The predicted molar refractivity (Wildman–Crippen MR) is 98.3 cm³/mol. The molecule has 1 amide bonds. The number of fused-ring (bicyclic) bond motifs is 1. The number of primary amides is 1. The van der Waals surface area contributed by atoms with Gasteiger partial charge in [0.2, 0.25) is 5.91 Å². The van der Waals surface area contributed by atoms with E-state index in [-0.39, 0.29) is 11.5 Å². The molecule has 1 unspecified atom stereocenters. The number of carbonyl (C=O) groups excluding carboxylic acids is 2. The predicted octanol–water partition coefficient (Wildman–Crippen LogP) is 2.22. The first kappa shape index (κ1) is 18.3. The van der Waals surface area contributed by atoms with Crippen LogP contribution in [0.1, 0.15) is 19.8 Å². The minimum Gasteiger partial charge on any atom is -0.616 e. The van der Waals surface area contributed by atoms with Crippen molar-refractivity contribution in [3.63, 3.8) is 0 Å². The fourth-order valence-corrected chi connectivity index (χ4v) is 3.66. The SMILES string of the molecule is CC(=O)C[S+]([O-])CCC[C@H](Nc1cccc2ccccc12)C(N)=O. The van der Waals surface area contributed by atoms with Crippen LogP contribution in [0.25, 0.3) is 10.8 Å². The Morgan fingerprint density at radius 2 is 1.92 bits per heavy atom. The molecular weight excluding hydrogens is 324 g/mol. The minimum atomic E-state index is -1.18. The van der Waals surface area contributed by atoms with Gasteiger partial charge in [0.15, 0.2) is 11.5 Å². The van der Waals surface area contributed by atoms with Gasteiger partial charge in [-0.25, -0.2) is 0 Å². The molecule has 0 aliphatic rings. The second-order valence-electron chi connectivity index (χ2n) is 5.76. The van der Waals surface area contributed by atoms with E-state index >= 15 is 0 Å². The van der Waals surface area contributed by atoms with E-state index < -0.39 is 23.1 Å². The molecular formula is C18H22N2O3S. The summed E-state index contributed by atoms with van der Waals surface area (Å²) in [5.74, 6) is -0.0765. The van der Waals surface area contributed by atoms with Crippen molar-refractivity contribution >= 4 is 39.3 Å². The zero-order valence-corrected chi connectivity index (χ0v) is 14.5. The number of anilines is 1. The molecule has 2 atom stereocenters. The Balaban J connectivity index is 2.00. The van der Waals surface area contributed by atoms with Crippen LogP contribution in [-0.2, 0) is 20.8 Å². The molecule has 24 heavy (non-hydrogen) atoms. The minimum absolute atomic E-state index is 0.0674. The molecule has 2 aromatic rings. The van der Waals surface area contributed by atoms with E-state index in [1.807, 2.05) is 42.5 Å². The highest BCUT2D eigenvalue weighted by atomic mass is 32.2. The third-order valence-corrected chi connectivity index (χ3v) is 5.16. The van der Waals surface area contributed by atoms with Crippen molar-refractivity contribution in [2.45, 2.75) is 25.8 Å². The van der Waals surface area contributed by atoms with Crippen LogP contribution in [0.3, 0.4) is 0 Å². The monoisotopic (exact) mass is 346 g/mol. The van der Waals surface area contributed by atoms with Crippen molar-refractivity contribution in [1.82, 2.24) is 0 Å². The Morgan fingerprint density at radius 3 is 2.62 bits per heavy atom. The van der Waals surface area contributed by atoms with Crippen LogP contribution in [0.15, 0.2) is 42.5 Å². The van der Waals surface area contributed by atoms with E-state index in [4.69, 9.17) is 5.73 Å². The molecule has 2 rings (SSSR count). The number of rotatable bonds is 9. The smallest absolute Gasteiger partial charge is 0.239 e. The second kappa shape index (κ2) is 8.70. The Labute approximate surface area is 144 Å². The average molecular weight is 346 g/mol. The van der Waals surface area contributed by atoms with Crippen LogP contribution in [0.5, 0.6) is 0 Å². The maximum atomic E-state index is 11.7. The lowest BCUT2D eigenvalue weighted by Crippen LogP contribution is -2.36. The van der Waals surface area contributed by atoms with Crippen LogP contribution in [0.2, 0.25) is 0 Å². The van der Waals surface area contributed by atoms with E-state index in [0.29, 0.717) is 18.6 Å². The summed E-state index contributed by atoms with van der Waals surface area (Å²) in [4.78, 5) is 22.7. The van der Waals surface area contributed by atoms with Gasteiger partial charge in [0.05, 0.1) is 0 Å². The van der Waals surface area contributed by atoms with Crippen LogP contribution in [0.4, 0.5) is 5.69 Å². The Bertz CT molecular complexity index is 715. The molecule has 0 aliphatic carbocycles. The molecule has 0 saturated carbocycles. The van der Waals surface area contributed by atoms with Crippen LogP contribution >= 0.6 is 0 Å². The lowest BCUT2D eigenvalue weighted by atomic mass is 10.1. The van der Waals surface area contributed by atoms with Crippen LogP contribution in [0, 0.1) is 0 Å². The topological polar surface area (TPSA) is 95.2 Å². The lowest BCUT2D eigenvalue weighted by Gasteiger charge is -2.18. The summed E-state index contributed by atoms with van der Waals surface area (Å²) in [7, 11) is 0. The fourth-order valence-electron chi connectivity index (χ4n) is 2.57. The molecule has 5 nitrogen and oxygen atoms in total. The number of nitrogens with two attached hydrogens (primary N) is 1. The number of nitrogens with one attached hydrogen (secondary N) is 1. The normalized spacial score (nSPS) is 13.4. The first-order valence-corrected chi connectivity index (χ1v) is 9.34. The summed E-state index contributed by atoms with van der Waals surface area (Å²) >= 11 is -1.18. The largest absolute Gasteiger partial charge is 0.616 e. The summed E-state index contributed by atoms with van der Waals surface area (Å²) in [6.45, 7) is 1.42. The molecule has 3 N–H and O–H groups in total. The summed E-state index contributed by atoms with van der Waals surface area (Å²) in [6.07, 6.45) is 1.04. The number of benzene rings is 2. The van der Waals surface area contributed by atoms with Crippen molar-refractivity contribution in [1.29, 1.82) is 0 Å². The maximum Gasteiger partial charge on any atom is 0.239 e. The quantitative estimate of drug-likeness (QED) is 0.681. The van der Waals surface area contributed by atoms with Gasteiger partial charge >= 0.3 is 0 Å². The third kappa shape index (κ3) is 5.25. The fraction of sp³-hybridized carbons (Fsp3) is 0.333. The summed E-state index contributed by atoms with van der Waals surface area (Å²) in [6, 6.07) is 13.2. The van der Waals surface area contributed by atoms with Crippen molar-refractivity contribution in [2.24, 2.45) is 5.73 Å². The van der Waals surface area contributed by atoms with Gasteiger partial charge < -0.3 is 15.6 Å². The molecule has 0 aromatic heterocycles. The van der Waals surface area contributed by atoms with E-state index in [2.05, 4.69) is 5.32 Å². The Kier molecular flexibility index (Phi) is 6.63. The van der Waals surface area contributed by atoms with Crippen molar-refractivity contribution in [2.75, 3.05) is 16.8 Å². The summed E-state index contributed by atoms with van der Waals surface area (Å²) in [5.41, 5.74) is 6.34. The number of hydrogen-bond donors (Lipinski definition) is 2. The average Bonchev–Trinajstić information content (AvgIpc) is 2.53. The van der Waals surface area contributed by atoms with E-state index in [0.717, 1.165) is 16.5 Å². The van der Waals surface area contributed by atoms with Gasteiger partial charge in [-0.1, -0.05) is 36.4 Å². The van der Waals surface area contributed by atoms with Gasteiger partial charge in [0.25, 0.3) is 0 Å². The Hall–Kier alpha value is -2.05. The summed E-state index contributed by atoms with van der Waals surface area (Å²) in [5, 5.41) is 5.29. The second-order valence-corrected chi connectivity index (χ2v) is 7.34. The molecule has 0 spiro atoms. The van der Waals surface area contributed by atoms with E-state index in [9.17, 15) is 14.1 Å². The lowest BCUT2D eigenvalue weighted by molar-refractivity contribution is -0.119. The van der Waals surface area contributed by atoms with Gasteiger partial charge in [0.1, 0.15) is 11.8 Å². The van der Waals surface area contributed by atoms with Gasteiger partial charge in [-0.2, -0.15) is 0 Å². The molecule has 2 aromatic carbocycles. The molecule has 0 bridgehead atoms. The highest BCUT2D eigenvalue weighted by Gasteiger charge is 2.18. The number of carbonyl (C=O) groups is 2. The first-order valence-electron chi connectivity index (χ1n) is 7.85. The van der Waals surface area contributed by atoms with Crippen molar-refractivity contribution in [3.05, 3.63) is 42.5 Å². The number of hydrogen-bond acceptors (Lipinski definition) is 4. The zero-order chi connectivity index (χ0) is 17.5. The van der Waals surface area contributed by atoms with Crippen molar-refractivity contribution in [3.8, 4) is 0 Å². The van der Waals surface area contributed by atoms with Crippen LogP contribution < -0.4 is 11.1 Å². The highest BCUT2D eigenvalue weighted by Crippen LogP contribution is 2.24. The number of ketones is 1. The molecule has 0 radical (unpaired) electrons. The molecule has 6 heteroatoms. The Morgan fingerprint density at radius 1 is 1.21 bits per heavy atom. The first-order chi connectivity index (χ1) is 11.5. The van der Waals surface area contributed by atoms with Gasteiger partial charge in [0, 0.05) is 11.1 Å². The highest BCUT2D eigenvalue weighted by molar-refractivity contribution is 7.92. The van der Waals surface area contributed by atoms with Crippen LogP contribution in [-0.4, -0.2) is 33.8 Å².